The van der Waals surface area contributed by atoms with Gasteiger partial charge in [0, 0.05) is 25.6 Å². The fourth-order valence-electron chi connectivity index (χ4n) is 1.95. The zero-order valence-electron chi connectivity index (χ0n) is 10.5. The van der Waals surface area contributed by atoms with E-state index in [2.05, 4.69) is 12.2 Å². The molecular formula is C12H22N2O2. The van der Waals surface area contributed by atoms with Crippen molar-refractivity contribution in [3.8, 4) is 0 Å². The zero-order valence-corrected chi connectivity index (χ0v) is 10.5. The number of hydrogen-bond donors (Lipinski definition) is 1. The van der Waals surface area contributed by atoms with Crippen LogP contribution in [0.25, 0.3) is 0 Å². The highest BCUT2D eigenvalue weighted by atomic mass is 16.2. The van der Waals surface area contributed by atoms with E-state index in [1.807, 2.05) is 18.7 Å². The molecule has 4 nitrogen and oxygen atoms in total. The highest BCUT2D eigenvalue weighted by Crippen LogP contribution is 2.21. The molecule has 0 spiro atoms. The minimum Gasteiger partial charge on any atom is -0.356 e. The Morgan fingerprint density at radius 2 is 2.25 bits per heavy atom. The van der Waals surface area contributed by atoms with Crippen LogP contribution in [0.1, 0.15) is 40.0 Å². The molecular weight excluding hydrogens is 204 g/mol. The van der Waals surface area contributed by atoms with Crippen LogP contribution in [0.2, 0.25) is 0 Å². The predicted octanol–water partition coefficient (Wildman–Crippen LogP) is 1.16. The summed E-state index contributed by atoms with van der Waals surface area (Å²) >= 11 is 0. The van der Waals surface area contributed by atoms with Crippen molar-refractivity contribution in [3.05, 3.63) is 0 Å². The molecule has 0 aromatic carbocycles. The smallest absolute Gasteiger partial charge is 0.225 e. The maximum atomic E-state index is 11.7. The number of hydrogen-bond acceptors (Lipinski definition) is 2. The van der Waals surface area contributed by atoms with Crippen molar-refractivity contribution >= 4 is 11.8 Å². The first-order valence-electron chi connectivity index (χ1n) is 6.17. The minimum absolute atomic E-state index is 0.0287. The number of amides is 2. The minimum atomic E-state index is -0.145. The molecule has 2 unspecified atom stereocenters. The average Bonchev–Trinajstić information content (AvgIpc) is 2.67. The van der Waals surface area contributed by atoms with Gasteiger partial charge in [0.2, 0.25) is 11.8 Å². The topological polar surface area (TPSA) is 49.4 Å². The Hall–Kier alpha value is -1.06. The highest BCUT2D eigenvalue weighted by Gasteiger charge is 2.35. The number of carbonyl (C=O) groups excluding carboxylic acids is 2. The van der Waals surface area contributed by atoms with Crippen molar-refractivity contribution in [2.45, 2.75) is 46.1 Å². The Balaban J connectivity index is 2.49. The number of nitrogens with zero attached hydrogens (tertiary/aromatic N) is 1. The molecule has 2 amide bonds. The first-order valence-corrected chi connectivity index (χ1v) is 6.17. The van der Waals surface area contributed by atoms with Crippen LogP contribution in [-0.2, 0) is 9.59 Å². The molecule has 0 bridgehead atoms. The van der Waals surface area contributed by atoms with Gasteiger partial charge < -0.3 is 10.2 Å². The summed E-state index contributed by atoms with van der Waals surface area (Å²) in [5, 5.41) is 2.85. The van der Waals surface area contributed by atoms with Crippen LogP contribution in [0.4, 0.5) is 0 Å². The zero-order chi connectivity index (χ0) is 12.1. The summed E-state index contributed by atoms with van der Waals surface area (Å²) in [6.45, 7) is 7.40. The lowest BCUT2D eigenvalue weighted by Crippen LogP contribution is -2.36. The van der Waals surface area contributed by atoms with Crippen LogP contribution < -0.4 is 5.32 Å². The van der Waals surface area contributed by atoms with E-state index in [4.69, 9.17) is 0 Å². The van der Waals surface area contributed by atoms with Gasteiger partial charge in [-0.2, -0.15) is 0 Å². The third-order valence-electron chi connectivity index (χ3n) is 3.20. The van der Waals surface area contributed by atoms with Crippen molar-refractivity contribution in [1.82, 2.24) is 10.2 Å². The molecule has 1 heterocycles. The Morgan fingerprint density at radius 3 is 2.81 bits per heavy atom. The molecule has 1 N–H and O–H groups in total. The van der Waals surface area contributed by atoms with Gasteiger partial charge in [-0.15, -0.1) is 0 Å². The second kappa shape index (κ2) is 5.87. The molecule has 92 valence electrons. The fraction of sp³-hybridized carbons (Fsp3) is 0.833. The fourth-order valence-corrected chi connectivity index (χ4v) is 1.95. The van der Waals surface area contributed by atoms with Crippen LogP contribution in [0.5, 0.6) is 0 Å². The molecule has 0 radical (unpaired) electrons. The van der Waals surface area contributed by atoms with Gasteiger partial charge in [0.05, 0.1) is 5.92 Å². The van der Waals surface area contributed by atoms with Gasteiger partial charge in [0.15, 0.2) is 0 Å². The van der Waals surface area contributed by atoms with Crippen molar-refractivity contribution < 1.29 is 9.59 Å². The second-order valence-electron chi connectivity index (χ2n) is 4.50. The van der Waals surface area contributed by atoms with Gasteiger partial charge >= 0.3 is 0 Å². The van der Waals surface area contributed by atoms with Crippen molar-refractivity contribution in [2.75, 3.05) is 13.1 Å². The maximum absolute atomic E-state index is 11.7. The number of carbonyl (C=O) groups is 2. The Bertz CT molecular complexity index is 266. The Labute approximate surface area is 97.4 Å². The molecule has 16 heavy (non-hydrogen) atoms. The summed E-state index contributed by atoms with van der Waals surface area (Å²) in [5.74, 6) is 0.0000477. The third-order valence-corrected chi connectivity index (χ3v) is 3.20. The lowest BCUT2D eigenvalue weighted by atomic mass is 10.1. The van der Waals surface area contributed by atoms with Gasteiger partial charge in [0.1, 0.15) is 0 Å². The van der Waals surface area contributed by atoms with E-state index in [0.717, 1.165) is 12.8 Å². The molecule has 0 aromatic heterocycles. The number of rotatable bonds is 5. The van der Waals surface area contributed by atoms with Crippen LogP contribution in [0, 0.1) is 5.92 Å². The van der Waals surface area contributed by atoms with E-state index in [-0.39, 0.29) is 23.8 Å². The lowest BCUT2D eigenvalue weighted by Gasteiger charge is -2.23. The predicted molar refractivity (Wildman–Crippen MR) is 62.9 cm³/mol. The van der Waals surface area contributed by atoms with E-state index in [1.165, 1.54) is 0 Å². The van der Waals surface area contributed by atoms with Gasteiger partial charge in [0.25, 0.3) is 0 Å². The van der Waals surface area contributed by atoms with Gasteiger partial charge in [-0.1, -0.05) is 13.8 Å². The summed E-state index contributed by atoms with van der Waals surface area (Å²) in [6.07, 6.45) is 2.25. The summed E-state index contributed by atoms with van der Waals surface area (Å²) < 4.78 is 0. The van der Waals surface area contributed by atoms with E-state index >= 15 is 0 Å². The summed E-state index contributed by atoms with van der Waals surface area (Å²) in [6, 6.07) is 0.247. The van der Waals surface area contributed by atoms with E-state index in [9.17, 15) is 9.59 Å². The molecule has 1 fully saturated rings. The van der Waals surface area contributed by atoms with E-state index in [1.54, 1.807) is 0 Å². The second-order valence-corrected chi connectivity index (χ2v) is 4.50. The van der Waals surface area contributed by atoms with Crippen LogP contribution >= 0.6 is 0 Å². The third kappa shape index (κ3) is 2.97. The molecule has 1 aliphatic heterocycles. The first kappa shape index (κ1) is 13.0. The normalized spacial score (nSPS) is 22.3. The molecule has 1 rings (SSSR count). The van der Waals surface area contributed by atoms with Crippen LogP contribution in [0.15, 0.2) is 0 Å². The van der Waals surface area contributed by atoms with Crippen molar-refractivity contribution in [1.29, 1.82) is 0 Å². The van der Waals surface area contributed by atoms with Gasteiger partial charge in [-0.05, 0) is 19.8 Å². The van der Waals surface area contributed by atoms with Gasteiger partial charge in [-0.3, -0.25) is 9.59 Å². The monoisotopic (exact) mass is 226 g/mol. The summed E-state index contributed by atoms with van der Waals surface area (Å²) in [5.41, 5.74) is 0. The molecule has 2 atom stereocenters. The number of nitrogens with one attached hydrogen (secondary N) is 1. The highest BCUT2D eigenvalue weighted by molar-refractivity contribution is 5.89. The summed E-state index contributed by atoms with van der Waals surface area (Å²) in [7, 11) is 0. The molecule has 0 aliphatic carbocycles. The van der Waals surface area contributed by atoms with E-state index in [0.29, 0.717) is 19.5 Å². The number of likely N-dealkylation sites (tertiary alicyclic amines) is 1. The van der Waals surface area contributed by atoms with Crippen LogP contribution in [0.3, 0.4) is 0 Å². The Kier molecular flexibility index (Phi) is 4.77. The van der Waals surface area contributed by atoms with Crippen molar-refractivity contribution in [3.63, 3.8) is 0 Å². The van der Waals surface area contributed by atoms with Gasteiger partial charge in [-0.25, -0.2) is 0 Å². The average molecular weight is 226 g/mol. The SMILES string of the molecule is CCCNC(=O)C1CC(=O)N(C(C)CC)C1. The standard InChI is InChI=1S/C12H22N2O2/c1-4-6-13-12(16)10-7-11(15)14(8-10)9(3)5-2/h9-10H,4-8H2,1-3H3,(H,13,16). The Morgan fingerprint density at radius 1 is 1.56 bits per heavy atom. The lowest BCUT2D eigenvalue weighted by molar-refractivity contribution is -0.130. The quantitative estimate of drug-likeness (QED) is 0.764. The summed E-state index contributed by atoms with van der Waals surface area (Å²) in [4.78, 5) is 25.3. The van der Waals surface area contributed by atoms with Crippen LogP contribution in [-0.4, -0.2) is 35.8 Å². The molecule has 0 saturated carbocycles. The largest absolute Gasteiger partial charge is 0.356 e. The molecule has 1 aliphatic rings. The molecule has 0 aromatic rings. The van der Waals surface area contributed by atoms with Crippen molar-refractivity contribution in [2.24, 2.45) is 5.92 Å². The first-order chi connectivity index (χ1) is 7.60. The van der Waals surface area contributed by atoms with E-state index < -0.39 is 0 Å². The molecule has 1 saturated heterocycles. The molecule has 4 heteroatoms. The maximum Gasteiger partial charge on any atom is 0.225 e.